The van der Waals surface area contributed by atoms with E-state index in [1.165, 1.54) is 0 Å². The van der Waals surface area contributed by atoms with Crippen LogP contribution in [0.1, 0.15) is 23.7 Å². The van der Waals surface area contributed by atoms with Crippen LogP contribution in [0.3, 0.4) is 0 Å². The first-order valence-corrected chi connectivity index (χ1v) is 8.53. The van der Waals surface area contributed by atoms with Gasteiger partial charge in [0, 0.05) is 41.5 Å². The lowest BCUT2D eigenvalue weighted by molar-refractivity contribution is -0.385. The highest BCUT2D eigenvalue weighted by atomic mass is 35.7. The van der Waals surface area contributed by atoms with Crippen molar-refractivity contribution in [3.63, 3.8) is 0 Å². The van der Waals surface area contributed by atoms with Crippen LogP contribution in [0.25, 0.3) is 0 Å². The maximum atomic E-state index is 12.3. The van der Waals surface area contributed by atoms with E-state index in [4.69, 9.17) is 10.7 Å². The Morgan fingerprint density at radius 1 is 1.43 bits per heavy atom. The van der Waals surface area contributed by atoms with Gasteiger partial charge in [-0.05, 0) is 18.4 Å². The lowest BCUT2D eigenvalue weighted by Crippen LogP contribution is -2.28. The standard InChI is InChI=1S/C12H13ClN2O5S/c1-8-2-3-14(7-8)12(16)9-4-10(15(17)18)6-11(5-9)21(13,19)20/h4-6,8H,2-3,7H2,1H3. The molecule has 1 aromatic rings. The van der Waals surface area contributed by atoms with E-state index >= 15 is 0 Å². The van der Waals surface area contributed by atoms with Crippen molar-refractivity contribution in [3.05, 3.63) is 33.9 Å². The second-order valence-corrected chi connectivity index (χ2v) is 7.62. The Hall–Kier alpha value is -1.67. The first-order chi connectivity index (χ1) is 9.68. The van der Waals surface area contributed by atoms with Crippen LogP contribution in [0.2, 0.25) is 0 Å². The normalized spacial score (nSPS) is 18.8. The van der Waals surface area contributed by atoms with Crippen LogP contribution in [0.5, 0.6) is 0 Å². The molecule has 1 aromatic carbocycles. The lowest BCUT2D eigenvalue weighted by atomic mass is 10.1. The van der Waals surface area contributed by atoms with Gasteiger partial charge in [-0.25, -0.2) is 8.42 Å². The number of nitrogens with zero attached hydrogens (tertiary/aromatic N) is 2. The van der Waals surface area contributed by atoms with E-state index < -0.39 is 30.5 Å². The third kappa shape index (κ3) is 3.51. The number of benzene rings is 1. The number of halogens is 1. The molecule has 1 fully saturated rings. The molecular formula is C12H13ClN2O5S. The smallest absolute Gasteiger partial charge is 0.271 e. The summed E-state index contributed by atoms with van der Waals surface area (Å²) in [6, 6.07) is 2.98. The average molecular weight is 333 g/mol. The third-order valence-corrected chi connectivity index (χ3v) is 4.67. The van der Waals surface area contributed by atoms with Crippen molar-refractivity contribution in [2.24, 2.45) is 5.92 Å². The SMILES string of the molecule is CC1CCN(C(=O)c2cc([N+](=O)[O-])cc(S(=O)(=O)Cl)c2)C1. The average Bonchev–Trinajstić information content (AvgIpc) is 2.83. The minimum absolute atomic E-state index is 0.0440. The van der Waals surface area contributed by atoms with E-state index in [1.54, 1.807) is 4.90 Å². The van der Waals surface area contributed by atoms with Gasteiger partial charge < -0.3 is 4.90 Å². The molecule has 1 unspecified atom stereocenters. The second-order valence-electron chi connectivity index (χ2n) is 5.06. The van der Waals surface area contributed by atoms with Crippen LogP contribution in [0.4, 0.5) is 5.69 Å². The monoisotopic (exact) mass is 332 g/mol. The Morgan fingerprint density at radius 3 is 2.57 bits per heavy atom. The summed E-state index contributed by atoms with van der Waals surface area (Å²) < 4.78 is 22.7. The molecule has 0 bridgehead atoms. The number of nitro groups is 1. The fourth-order valence-corrected chi connectivity index (χ4v) is 3.05. The largest absolute Gasteiger partial charge is 0.338 e. The number of rotatable bonds is 3. The summed E-state index contributed by atoms with van der Waals surface area (Å²) in [6.07, 6.45) is 0.849. The number of nitro benzene ring substituents is 1. The summed E-state index contributed by atoms with van der Waals surface area (Å²) in [7, 11) is 1.07. The van der Waals surface area contributed by atoms with Crippen LogP contribution in [0, 0.1) is 16.0 Å². The highest BCUT2D eigenvalue weighted by molar-refractivity contribution is 8.13. The van der Waals surface area contributed by atoms with Crippen LogP contribution in [0.15, 0.2) is 23.1 Å². The molecule has 114 valence electrons. The highest BCUT2D eigenvalue weighted by Gasteiger charge is 2.27. The van der Waals surface area contributed by atoms with Crippen LogP contribution in [-0.2, 0) is 9.05 Å². The minimum atomic E-state index is -4.15. The lowest BCUT2D eigenvalue weighted by Gasteiger charge is -2.16. The molecular weight excluding hydrogens is 320 g/mol. The molecule has 0 spiro atoms. The van der Waals surface area contributed by atoms with E-state index in [0.717, 1.165) is 24.6 Å². The van der Waals surface area contributed by atoms with Crippen molar-refractivity contribution < 1.29 is 18.1 Å². The van der Waals surface area contributed by atoms with Gasteiger partial charge in [0.1, 0.15) is 0 Å². The Bertz CT molecular complexity index is 704. The van der Waals surface area contributed by atoms with Crippen molar-refractivity contribution in [1.29, 1.82) is 0 Å². The second kappa shape index (κ2) is 5.61. The van der Waals surface area contributed by atoms with Gasteiger partial charge in [-0.2, -0.15) is 0 Å². The van der Waals surface area contributed by atoms with Gasteiger partial charge >= 0.3 is 0 Å². The Balaban J connectivity index is 2.45. The van der Waals surface area contributed by atoms with E-state index in [9.17, 15) is 23.3 Å². The molecule has 1 aliphatic rings. The number of likely N-dealkylation sites (tertiary alicyclic amines) is 1. The summed E-state index contributed by atoms with van der Waals surface area (Å²) >= 11 is 0. The van der Waals surface area contributed by atoms with Crippen molar-refractivity contribution >= 4 is 31.3 Å². The number of carbonyl (C=O) groups is 1. The molecule has 1 amide bonds. The summed E-state index contributed by atoms with van der Waals surface area (Å²) in [4.78, 5) is 23.5. The van der Waals surface area contributed by atoms with Crippen LogP contribution < -0.4 is 0 Å². The van der Waals surface area contributed by atoms with Crippen LogP contribution in [-0.4, -0.2) is 37.2 Å². The van der Waals surface area contributed by atoms with Crippen LogP contribution >= 0.6 is 10.7 Å². The van der Waals surface area contributed by atoms with Gasteiger partial charge in [0.25, 0.3) is 20.6 Å². The first-order valence-electron chi connectivity index (χ1n) is 6.22. The fraction of sp³-hybridized carbons (Fsp3) is 0.417. The van der Waals surface area contributed by atoms with Gasteiger partial charge in [0.05, 0.1) is 9.82 Å². The summed E-state index contributed by atoms with van der Waals surface area (Å²) in [5.74, 6) is -0.0755. The molecule has 0 saturated carbocycles. The van der Waals surface area contributed by atoms with Crippen molar-refractivity contribution in [3.8, 4) is 0 Å². The Labute approximate surface area is 126 Å². The predicted octanol–water partition coefficient (Wildman–Crippen LogP) is 2.00. The fourth-order valence-electron chi connectivity index (χ4n) is 2.26. The molecule has 1 atom stereocenters. The zero-order chi connectivity index (χ0) is 15.8. The molecule has 1 heterocycles. The molecule has 1 saturated heterocycles. The van der Waals surface area contributed by atoms with E-state index in [-0.39, 0.29) is 5.56 Å². The number of hydrogen-bond donors (Lipinski definition) is 0. The van der Waals surface area contributed by atoms with Gasteiger partial charge in [0.2, 0.25) is 0 Å². The van der Waals surface area contributed by atoms with E-state index in [0.29, 0.717) is 19.0 Å². The summed E-state index contributed by atoms with van der Waals surface area (Å²) in [5.41, 5.74) is -0.523. The van der Waals surface area contributed by atoms with E-state index in [2.05, 4.69) is 0 Å². The molecule has 21 heavy (non-hydrogen) atoms. The quantitative estimate of drug-likeness (QED) is 0.479. The molecule has 9 heteroatoms. The van der Waals surface area contributed by atoms with Gasteiger partial charge in [-0.1, -0.05) is 6.92 Å². The number of non-ortho nitro benzene ring substituents is 1. The molecule has 2 rings (SSSR count). The topological polar surface area (TPSA) is 97.6 Å². The summed E-state index contributed by atoms with van der Waals surface area (Å²) in [6.45, 7) is 3.09. The van der Waals surface area contributed by atoms with E-state index in [1.807, 2.05) is 6.92 Å². The Kier molecular flexibility index (Phi) is 4.20. The number of amides is 1. The maximum Gasteiger partial charge on any atom is 0.271 e. The molecule has 0 aromatic heterocycles. The number of carbonyl (C=O) groups excluding carboxylic acids is 1. The molecule has 0 aliphatic carbocycles. The highest BCUT2D eigenvalue weighted by Crippen LogP contribution is 2.26. The molecule has 1 aliphatic heterocycles. The minimum Gasteiger partial charge on any atom is -0.338 e. The Morgan fingerprint density at radius 2 is 2.10 bits per heavy atom. The van der Waals surface area contributed by atoms with Gasteiger partial charge in [-0.15, -0.1) is 0 Å². The number of hydrogen-bond acceptors (Lipinski definition) is 5. The third-order valence-electron chi connectivity index (χ3n) is 3.34. The van der Waals surface area contributed by atoms with Crippen molar-refractivity contribution in [1.82, 2.24) is 4.90 Å². The van der Waals surface area contributed by atoms with Gasteiger partial charge in [-0.3, -0.25) is 14.9 Å². The van der Waals surface area contributed by atoms with Crippen molar-refractivity contribution in [2.45, 2.75) is 18.2 Å². The van der Waals surface area contributed by atoms with Crippen molar-refractivity contribution in [2.75, 3.05) is 13.1 Å². The molecule has 0 radical (unpaired) electrons. The first kappa shape index (κ1) is 15.7. The summed E-state index contributed by atoms with van der Waals surface area (Å²) in [5, 5.41) is 10.9. The van der Waals surface area contributed by atoms with Gasteiger partial charge in [0.15, 0.2) is 0 Å². The molecule has 0 N–H and O–H groups in total. The zero-order valence-electron chi connectivity index (χ0n) is 11.2. The molecule has 7 nitrogen and oxygen atoms in total. The zero-order valence-corrected chi connectivity index (χ0v) is 12.7. The predicted molar refractivity (Wildman–Crippen MR) is 75.8 cm³/mol. The maximum absolute atomic E-state index is 12.3.